The lowest BCUT2D eigenvalue weighted by Gasteiger charge is -2.20. The number of aliphatic carboxylic acids is 1. The fourth-order valence-corrected chi connectivity index (χ4v) is 4.42. The van der Waals surface area contributed by atoms with Gasteiger partial charge in [-0.3, -0.25) is 0 Å². The summed E-state index contributed by atoms with van der Waals surface area (Å²) >= 11 is 12.0. The summed E-state index contributed by atoms with van der Waals surface area (Å²) in [5, 5.41) is 8.49. The molecule has 0 saturated heterocycles. The van der Waals surface area contributed by atoms with Crippen LogP contribution in [0.5, 0.6) is 0 Å². The van der Waals surface area contributed by atoms with Gasteiger partial charge in [-0.25, -0.2) is 13.2 Å². The van der Waals surface area contributed by atoms with E-state index in [4.69, 9.17) is 28.3 Å². The number of hydrogen-bond donors (Lipinski definition) is 1. The summed E-state index contributed by atoms with van der Waals surface area (Å²) in [5.74, 6) is -1.12. The average Bonchev–Trinajstić information content (AvgIpc) is 2.36. The molecule has 0 bridgehead atoms. The van der Waals surface area contributed by atoms with Crippen molar-refractivity contribution in [3.05, 3.63) is 33.8 Å². The van der Waals surface area contributed by atoms with Crippen LogP contribution in [-0.2, 0) is 14.8 Å². The van der Waals surface area contributed by atoms with Gasteiger partial charge < -0.3 is 5.11 Å². The molecule has 0 heterocycles. The van der Waals surface area contributed by atoms with Gasteiger partial charge in [-0.2, -0.15) is 4.31 Å². The molecule has 0 amide bonds. The van der Waals surface area contributed by atoms with Crippen LogP contribution in [0, 0.1) is 0 Å². The Morgan fingerprint density at radius 2 is 1.71 bits per heavy atom. The Morgan fingerprint density at radius 3 is 2.10 bits per heavy atom. The number of sulfonamides is 1. The van der Waals surface area contributed by atoms with Crippen molar-refractivity contribution in [3.8, 4) is 0 Å². The van der Waals surface area contributed by atoms with Gasteiger partial charge in [0.15, 0.2) is 0 Å². The smallest absolute Gasteiger partial charge is 0.328 e. The van der Waals surface area contributed by atoms with Crippen molar-refractivity contribution in [1.82, 2.24) is 4.31 Å². The first-order chi connectivity index (χ1) is 9.73. The van der Waals surface area contributed by atoms with Crippen LogP contribution in [0.15, 0.2) is 23.1 Å². The Hall–Kier alpha value is -1.08. The fraction of sp³-hybridized carbons (Fsp3) is 0.308. The molecule has 21 heavy (non-hydrogen) atoms. The molecule has 1 N–H and O–H groups in total. The standard InChI is InChI=1S/C13H15Cl2NO4S/c1-3-16(4-2)21(19,20)13-10(14)7-9(8-11(13)15)5-6-12(17)18/h5-8H,3-4H2,1-2H3,(H,17,18). The van der Waals surface area contributed by atoms with Crippen LogP contribution in [0.1, 0.15) is 19.4 Å². The molecule has 0 aromatic heterocycles. The van der Waals surface area contributed by atoms with Crippen LogP contribution in [-0.4, -0.2) is 36.9 Å². The van der Waals surface area contributed by atoms with E-state index in [1.165, 1.54) is 22.5 Å². The molecule has 0 aliphatic heterocycles. The highest BCUT2D eigenvalue weighted by molar-refractivity contribution is 7.89. The second-order valence-electron chi connectivity index (χ2n) is 4.07. The SMILES string of the molecule is CCN(CC)S(=O)(=O)c1c(Cl)cc(C=CC(=O)O)cc1Cl. The lowest BCUT2D eigenvalue weighted by Crippen LogP contribution is -2.31. The van der Waals surface area contributed by atoms with Gasteiger partial charge in [0.05, 0.1) is 10.0 Å². The third-order valence-corrected chi connectivity index (χ3v) is 5.71. The zero-order valence-corrected chi connectivity index (χ0v) is 13.8. The molecule has 1 aromatic rings. The maximum Gasteiger partial charge on any atom is 0.328 e. The number of carboxylic acids is 1. The van der Waals surface area contributed by atoms with Gasteiger partial charge in [-0.05, 0) is 23.8 Å². The van der Waals surface area contributed by atoms with Gasteiger partial charge in [-0.15, -0.1) is 0 Å². The van der Waals surface area contributed by atoms with Crippen LogP contribution >= 0.6 is 23.2 Å². The number of carbonyl (C=O) groups is 1. The summed E-state index contributed by atoms with van der Waals surface area (Å²) < 4.78 is 26.2. The van der Waals surface area contributed by atoms with Crippen LogP contribution in [0.3, 0.4) is 0 Å². The summed E-state index contributed by atoms with van der Waals surface area (Å²) in [6.45, 7) is 4.03. The summed E-state index contributed by atoms with van der Waals surface area (Å²) in [6, 6.07) is 2.73. The van der Waals surface area contributed by atoms with Crippen LogP contribution in [0.2, 0.25) is 10.0 Å². The first kappa shape index (κ1) is 18.0. The number of hydrogen-bond acceptors (Lipinski definition) is 3. The van der Waals surface area contributed by atoms with Gasteiger partial charge in [0.25, 0.3) is 0 Å². The molecule has 0 aliphatic carbocycles. The minimum absolute atomic E-state index is 0.0422. The molecule has 0 spiro atoms. The Morgan fingerprint density at radius 1 is 1.24 bits per heavy atom. The maximum absolute atomic E-state index is 12.5. The molecule has 5 nitrogen and oxygen atoms in total. The Kier molecular flexibility index (Phi) is 6.22. The monoisotopic (exact) mass is 351 g/mol. The molecule has 1 aromatic carbocycles. The number of nitrogens with zero attached hydrogens (tertiary/aromatic N) is 1. The zero-order chi connectivity index (χ0) is 16.2. The highest BCUT2D eigenvalue weighted by atomic mass is 35.5. The van der Waals surface area contributed by atoms with E-state index in [0.717, 1.165) is 6.08 Å². The largest absolute Gasteiger partial charge is 0.478 e. The number of benzene rings is 1. The third-order valence-electron chi connectivity index (χ3n) is 2.74. The molecule has 0 aliphatic rings. The minimum atomic E-state index is -3.78. The number of carboxylic acid groups (broad SMARTS) is 1. The molecule has 0 unspecified atom stereocenters. The normalized spacial score (nSPS) is 12.2. The third kappa shape index (κ3) is 4.20. The summed E-state index contributed by atoms with van der Waals surface area (Å²) in [4.78, 5) is 10.3. The van der Waals surface area contributed by atoms with E-state index in [1.807, 2.05) is 0 Å². The molecule has 0 radical (unpaired) electrons. The van der Waals surface area contributed by atoms with Crippen molar-refractivity contribution < 1.29 is 18.3 Å². The predicted molar refractivity (Wildman–Crippen MR) is 83.2 cm³/mol. The lowest BCUT2D eigenvalue weighted by molar-refractivity contribution is -0.131. The van der Waals surface area contributed by atoms with Crippen LogP contribution in [0.4, 0.5) is 0 Å². The van der Waals surface area contributed by atoms with E-state index >= 15 is 0 Å². The van der Waals surface area contributed by atoms with Crippen molar-refractivity contribution in [1.29, 1.82) is 0 Å². The topological polar surface area (TPSA) is 74.7 Å². The highest BCUT2D eigenvalue weighted by Crippen LogP contribution is 2.33. The number of halogens is 2. The van der Waals surface area contributed by atoms with E-state index in [9.17, 15) is 13.2 Å². The average molecular weight is 352 g/mol. The predicted octanol–water partition coefficient (Wildman–Crippen LogP) is 3.12. The summed E-state index contributed by atoms with van der Waals surface area (Å²) in [7, 11) is -3.78. The fourth-order valence-electron chi connectivity index (χ4n) is 1.78. The molecule has 116 valence electrons. The van der Waals surface area contributed by atoms with Gasteiger partial charge in [0.2, 0.25) is 10.0 Å². The maximum atomic E-state index is 12.5. The quantitative estimate of drug-likeness (QED) is 0.799. The van der Waals surface area contributed by atoms with E-state index in [1.54, 1.807) is 13.8 Å². The van der Waals surface area contributed by atoms with Gasteiger partial charge in [0, 0.05) is 19.2 Å². The molecule has 0 fully saturated rings. The van der Waals surface area contributed by atoms with E-state index in [2.05, 4.69) is 0 Å². The minimum Gasteiger partial charge on any atom is -0.478 e. The van der Waals surface area contributed by atoms with E-state index in [0.29, 0.717) is 18.7 Å². The van der Waals surface area contributed by atoms with Crippen LogP contribution in [0.25, 0.3) is 6.08 Å². The molecule has 0 saturated carbocycles. The first-order valence-electron chi connectivity index (χ1n) is 6.14. The second kappa shape index (κ2) is 7.26. The highest BCUT2D eigenvalue weighted by Gasteiger charge is 2.27. The van der Waals surface area contributed by atoms with Crippen molar-refractivity contribution in [2.45, 2.75) is 18.7 Å². The summed E-state index contributed by atoms with van der Waals surface area (Å²) in [5.41, 5.74) is 0.408. The van der Waals surface area contributed by atoms with Gasteiger partial charge >= 0.3 is 5.97 Å². The van der Waals surface area contributed by atoms with Gasteiger partial charge in [0.1, 0.15) is 4.90 Å². The van der Waals surface area contributed by atoms with Crippen molar-refractivity contribution in [2.75, 3.05) is 13.1 Å². The second-order valence-corrected chi connectivity index (χ2v) is 6.76. The van der Waals surface area contributed by atoms with Gasteiger partial charge in [-0.1, -0.05) is 37.0 Å². The number of rotatable bonds is 6. The Balaban J connectivity index is 3.38. The van der Waals surface area contributed by atoms with Crippen molar-refractivity contribution in [3.63, 3.8) is 0 Å². The Labute approximate surface area is 133 Å². The Bertz CT molecular complexity index is 644. The molecule has 1 rings (SSSR count). The van der Waals surface area contributed by atoms with E-state index in [-0.39, 0.29) is 14.9 Å². The molecular weight excluding hydrogens is 337 g/mol. The van der Waals surface area contributed by atoms with Crippen molar-refractivity contribution in [2.24, 2.45) is 0 Å². The first-order valence-corrected chi connectivity index (χ1v) is 8.33. The lowest BCUT2D eigenvalue weighted by atomic mass is 10.2. The van der Waals surface area contributed by atoms with E-state index < -0.39 is 16.0 Å². The summed E-state index contributed by atoms with van der Waals surface area (Å²) in [6.07, 6.45) is 2.20. The molecule has 8 heteroatoms. The molecule has 0 atom stereocenters. The van der Waals surface area contributed by atoms with Crippen LogP contribution < -0.4 is 0 Å². The molecular formula is C13H15Cl2NO4S. The van der Waals surface area contributed by atoms with Crippen molar-refractivity contribution >= 4 is 45.3 Å². The zero-order valence-electron chi connectivity index (χ0n) is 11.5.